The maximum atomic E-state index is 12.8. The molecular weight excluding hydrogens is 354 g/mol. The molecule has 0 bridgehead atoms. The lowest BCUT2D eigenvalue weighted by Gasteiger charge is -2.14. The van der Waals surface area contributed by atoms with E-state index in [4.69, 9.17) is 0 Å². The Morgan fingerprint density at radius 1 is 1.20 bits per heavy atom. The highest BCUT2D eigenvalue weighted by molar-refractivity contribution is 7.17. The number of anilines is 1. The second-order valence-electron chi connectivity index (χ2n) is 6.41. The third-order valence-electron chi connectivity index (χ3n) is 4.21. The van der Waals surface area contributed by atoms with Gasteiger partial charge in [0, 0.05) is 18.0 Å². The molecule has 0 fully saturated rings. The maximum absolute atomic E-state index is 12.8. The highest BCUT2D eigenvalue weighted by atomic mass is 32.1. The molecule has 25 heavy (non-hydrogen) atoms. The van der Waals surface area contributed by atoms with E-state index in [9.17, 15) is 9.59 Å². The number of nitrogens with one attached hydrogen (secondary N) is 2. The van der Waals surface area contributed by atoms with Crippen LogP contribution in [0, 0.1) is 0 Å². The smallest absolute Gasteiger partial charge is 0.266 e. The Hall–Kier alpha value is -1.70. The van der Waals surface area contributed by atoms with Crippen LogP contribution in [0.15, 0.2) is 17.5 Å². The van der Waals surface area contributed by atoms with Crippen LogP contribution in [0.3, 0.4) is 0 Å². The predicted molar refractivity (Wildman–Crippen MR) is 104 cm³/mol. The van der Waals surface area contributed by atoms with Gasteiger partial charge >= 0.3 is 0 Å². The molecule has 0 saturated carbocycles. The molecule has 2 aromatic rings. The second-order valence-corrected chi connectivity index (χ2v) is 8.46. The van der Waals surface area contributed by atoms with Crippen LogP contribution in [0.25, 0.3) is 0 Å². The molecule has 0 atom stereocenters. The molecule has 1 aliphatic carbocycles. The predicted octanol–water partition coefficient (Wildman–Crippen LogP) is 3.23. The first-order valence-electron chi connectivity index (χ1n) is 8.48. The Labute approximate surface area is 156 Å². The molecular formula is C18H23N3O2S2. The van der Waals surface area contributed by atoms with Crippen molar-refractivity contribution in [2.45, 2.75) is 25.7 Å². The second kappa shape index (κ2) is 8.12. The number of carbonyl (C=O) groups is 2. The monoisotopic (exact) mass is 377 g/mol. The minimum Gasteiger partial charge on any atom is -0.351 e. The van der Waals surface area contributed by atoms with E-state index in [1.807, 2.05) is 30.4 Å². The zero-order valence-electron chi connectivity index (χ0n) is 14.6. The molecule has 134 valence electrons. The summed E-state index contributed by atoms with van der Waals surface area (Å²) < 4.78 is 0. The number of nitrogens with zero attached hydrogens (tertiary/aromatic N) is 1. The number of aryl methyl sites for hydroxylation is 1. The van der Waals surface area contributed by atoms with E-state index < -0.39 is 0 Å². The molecule has 0 aromatic carbocycles. The summed E-state index contributed by atoms with van der Waals surface area (Å²) >= 11 is 2.96. The molecule has 0 saturated heterocycles. The summed E-state index contributed by atoms with van der Waals surface area (Å²) in [5.41, 5.74) is 1.79. The van der Waals surface area contributed by atoms with Gasteiger partial charge in [-0.05, 0) is 56.8 Å². The van der Waals surface area contributed by atoms with E-state index in [0.717, 1.165) is 37.8 Å². The zero-order chi connectivity index (χ0) is 17.8. The summed E-state index contributed by atoms with van der Waals surface area (Å²) in [6, 6.07) is 3.65. The Kier molecular flexibility index (Phi) is 5.88. The highest BCUT2D eigenvalue weighted by Gasteiger charge is 2.26. The van der Waals surface area contributed by atoms with Crippen LogP contribution in [0.1, 0.15) is 43.3 Å². The van der Waals surface area contributed by atoms with Gasteiger partial charge in [-0.25, -0.2) is 0 Å². The van der Waals surface area contributed by atoms with Crippen LogP contribution >= 0.6 is 22.7 Å². The zero-order valence-corrected chi connectivity index (χ0v) is 16.2. The Morgan fingerprint density at radius 2 is 2.00 bits per heavy atom. The van der Waals surface area contributed by atoms with Gasteiger partial charge in [-0.1, -0.05) is 6.07 Å². The van der Waals surface area contributed by atoms with Crippen molar-refractivity contribution in [2.75, 3.05) is 32.5 Å². The minimum atomic E-state index is -0.143. The van der Waals surface area contributed by atoms with E-state index in [2.05, 4.69) is 10.6 Å². The third-order valence-corrected chi connectivity index (χ3v) is 6.29. The lowest BCUT2D eigenvalue weighted by atomic mass is 9.95. The summed E-state index contributed by atoms with van der Waals surface area (Å²) in [6.07, 6.45) is 4.15. The fourth-order valence-corrected chi connectivity index (χ4v) is 4.85. The Balaban J connectivity index is 1.82. The number of thiophene rings is 2. The number of hydrogen-bond donors (Lipinski definition) is 2. The van der Waals surface area contributed by atoms with Gasteiger partial charge in [0.1, 0.15) is 5.00 Å². The van der Waals surface area contributed by atoms with Gasteiger partial charge in [0.15, 0.2) is 0 Å². The average Bonchev–Trinajstić information content (AvgIpc) is 3.21. The van der Waals surface area contributed by atoms with Crippen molar-refractivity contribution in [3.63, 3.8) is 0 Å². The maximum Gasteiger partial charge on any atom is 0.266 e. The molecule has 2 aromatic heterocycles. The van der Waals surface area contributed by atoms with Gasteiger partial charge in [0.05, 0.1) is 10.4 Å². The third kappa shape index (κ3) is 4.29. The number of hydrogen-bond acceptors (Lipinski definition) is 5. The lowest BCUT2D eigenvalue weighted by Crippen LogP contribution is -2.32. The lowest BCUT2D eigenvalue weighted by molar-refractivity contribution is 0.0951. The van der Waals surface area contributed by atoms with Crippen LogP contribution in [0.2, 0.25) is 0 Å². The van der Waals surface area contributed by atoms with E-state index >= 15 is 0 Å². The van der Waals surface area contributed by atoms with Crippen molar-refractivity contribution in [1.29, 1.82) is 0 Å². The Morgan fingerprint density at radius 3 is 2.72 bits per heavy atom. The summed E-state index contributed by atoms with van der Waals surface area (Å²) in [6.45, 7) is 1.38. The van der Waals surface area contributed by atoms with Crippen molar-refractivity contribution in [1.82, 2.24) is 10.2 Å². The van der Waals surface area contributed by atoms with Gasteiger partial charge in [-0.3, -0.25) is 9.59 Å². The highest BCUT2D eigenvalue weighted by Crippen LogP contribution is 2.38. The quantitative estimate of drug-likeness (QED) is 0.812. The number of likely N-dealkylation sites (N-methyl/N-ethyl adjacent to an activating group) is 1. The summed E-state index contributed by atoms with van der Waals surface area (Å²) in [5, 5.41) is 8.53. The standard InChI is InChI=1S/C18H23N3O2S2/c1-21(2)10-9-19-17(23)15-12-6-3-4-7-13(12)25-18(15)20-16(22)14-8-5-11-24-14/h5,8,11H,3-4,6-7,9-10H2,1-2H3,(H,19,23)(H,20,22). The molecule has 5 nitrogen and oxygen atoms in total. The van der Waals surface area contributed by atoms with Gasteiger partial charge in [-0.2, -0.15) is 0 Å². The molecule has 2 heterocycles. The molecule has 1 aliphatic rings. The van der Waals surface area contributed by atoms with Crippen molar-refractivity contribution in [3.8, 4) is 0 Å². The summed E-state index contributed by atoms with van der Waals surface area (Å²) in [5.74, 6) is -0.223. The van der Waals surface area contributed by atoms with E-state index in [1.165, 1.54) is 16.2 Å². The average molecular weight is 378 g/mol. The number of amides is 2. The van der Waals surface area contributed by atoms with Gasteiger partial charge < -0.3 is 15.5 Å². The van der Waals surface area contributed by atoms with Crippen molar-refractivity contribution < 1.29 is 9.59 Å². The van der Waals surface area contributed by atoms with Gasteiger partial charge in [0.25, 0.3) is 11.8 Å². The topological polar surface area (TPSA) is 61.4 Å². The van der Waals surface area contributed by atoms with Gasteiger partial charge in [-0.15, -0.1) is 22.7 Å². The summed E-state index contributed by atoms with van der Waals surface area (Å²) in [7, 11) is 3.95. The van der Waals surface area contributed by atoms with Crippen molar-refractivity contribution in [2.24, 2.45) is 0 Å². The fourth-order valence-electron chi connectivity index (χ4n) is 2.95. The van der Waals surface area contributed by atoms with E-state index in [-0.39, 0.29) is 11.8 Å². The SMILES string of the molecule is CN(C)CCNC(=O)c1c(NC(=O)c2cccs2)sc2c1CCCC2. The summed E-state index contributed by atoms with van der Waals surface area (Å²) in [4.78, 5) is 29.1. The largest absolute Gasteiger partial charge is 0.351 e. The number of fused-ring (bicyclic) bond motifs is 1. The van der Waals surface area contributed by atoms with Crippen LogP contribution < -0.4 is 10.6 Å². The normalized spacial score (nSPS) is 13.6. The van der Waals surface area contributed by atoms with Crippen LogP contribution in [-0.2, 0) is 12.8 Å². The minimum absolute atomic E-state index is 0.0808. The first kappa shape index (κ1) is 18.1. The van der Waals surface area contributed by atoms with Crippen LogP contribution in [0.4, 0.5) is 5.00 Å². The molecule has 0 radical (unpaired) electrons. The van der Waals surface area contributed by atoms with Crippen molar-refractivity contribution >= 4 is 39.5 Å². The Bertz CT molecular complexity index is 751. The van der Waals surface area contributed by atoms with Gasteiger partial charge in [0.2, 0.25) is 0 Å². The molecule has 0 spiro atoms. The number of rotatable bonds is 6. The van der Waals surface area contributed by atoms with E-state index in [0.29, 0.717) is 22.0 Å². The molecule has 2 amide bonds. The molecule has 2 N–H and O–H groups in total. The number of carbonyl (C=O) groups excluding carboxylic acids is 2. The van der Waals surface area contributed by atoms with Crippen LogP contribution in [-0.4, -0.2) is 43.9 Å². The first-order chi connectivity index (χ1) is 12.1. The molecule has 7 heteroatoms. The molecule has 0 aliphatic heterocycles. The first-order valence-corrected chi connectivity index (χ1v) is 10.2. The fraction of sp³-hybridized carbons (Fsp3) is 0.444. The van der Waals surface area contributed by atoms with E-state index in [1.54, 1.807) is 17.4 Å². The van der Waals surface area contributed by atoms with Crippen LogP contribution in [0.5, 0.6) is 0 Å². The van der Waals surface area contributed by atoms with Crippen molar-refractivity contribution in [3.05, 3.63) is 38.4 Å². The molecule has 3 rings (SSSR count). The molecule has 0 unspecified atom stereocenters.